The van der Waals surface area contributed by atoms with Crippen molar-refractivity contribution in [2.75, 3.05) is 13.1 Å². The van der Waals surface area contributed by atoms with E-state index in [1.165, 1.54) is 12.2 Å². The number of esters is 1. The van der Waals surface area contributed by atoms with Crippen LogP contribution in [0.15, 0.2) is 12.2 Å². The van der Waals surface area contributed by atoms with E-state index in [1.807, 2.05) is 13.8 Å². The van der Waals surface area contributed by atoms with Crippen LogP contribution in [0.5, 0.6) is 0 Å². The number of likely N-dealkylation sites (N-methyl/N-ethyl adjacent to an activating group) is 1. The highest BCUT2D eigenvalue weighted by molar-refractivity contribution is 5.94. The molecule has 0 aromatic carbocycles. The first kappa shape index (κ1) is 13.7. The Morgan fingerprint density at radius 1 is 1.20 bits per heavy atom. The maximum atomic E-state index is 11.4. The molecule has 0 N–H and O–H groups in total. The van der Waals surface area contributed by atoms with Crippen molar-refractivity contribution >= 4 is 11.9 Å². The van der Waals surface area contributed by atoms with Gasteiger partial charge in [-0.1, -0.05) is 0 Å². The minimum atomic E-state index is -0.481. The van der Waals surface area contributed by atoms with Gasteiger partial charge >= 0.3 is 5.97 Å². The number of carbonyl (C=O) groups excluding carboxylic acids is 2. The van der Waals surface area contributed by atoms with Crippen LogP contribution in [0.25, 0.3) is 0 Å². The molecule has 0 aliphatic carbocycles. The molecule has 0 rings (SSSR count). The van der Waals surface area contributed by atoms with Gasteiger partial charge in [0.15, 0.2) is 0 Å². The van der Waals surface area contributed by atoms with Crippen LogP contribution in [0.4, 0.5) is 0 Å². The Bertz CT molecular complexity index is 242. The van der Waals surface area contributed by atoms with E-state index in [9.17, 15) is 9.59 Å². The molecule has 0 spiro atoms. The minimum absolute atomic E-state index is 0.161. The minimum Gasteiger partial charge on any atom is -0.460 e. The number of ether oxygens (including phenoxy) is 1. The van der Waals surface area contributed by atoms with Crippen molar-refractivity contribution in [2.45, 2.75) is 33.8 Å². The summed E-state index contributed by atoms with van der Waals surface area (Å²) in [5.41, 5.74) is 0. The second-order valence-electron chi connectivity index (χ2n) is 3.33. The lowest BCUT2D eigenvalue weighted by atomic mass is 10.4. The lowest BCUT2D eigenvalue weighted by molar-refractivity contribution is -0.141. The molecule has 0 fully saturated rings. The van der Waals surface area contributed by atoms with E-state index in [4.69, 9.17) is 4.74 Å². The van der Waals surface area contributed by atoms with Crippen LogP contribution in [0.1, 0.15) is 27.7 Å². The quantitative estimate of drug-likeness (QED) is 0.511. The van der Waals surface area contributed by atoms with Crippen molar-refractivity contribution < 1.29 is 14.3 Å². The van der Waals surface area contributed by atoms with Crippen LogP contribution in [-0.4, -0.2) is 36.0 Å². The van der Waals surface area contributed by atoms with Crippen LogP contribution in [0.2, 0.25) is 0 Å². The summed E-state index contributed by atoms with van der Waals surface area (Å²) < 4.78 is 4.85. The van der Waals surface area contributed by atoms with Crippen LogP contribution in [0.3, 0.4) is 0 Å². The number of rotatable bonds is 5. The van der Waals surface area contributed by atoms with Crippen LogP contribution in [-0.2, 0) is 14.3 Å². The van der Waals surface area contributed by atoms with E-state index in [1.54, 1.807) is 18.7 Å². The van der Waals surface area contributed by atoms with Crippen LogP contribution < -0.4 is 0 Å². The Labute approximate surface area is 90.9 Å². The molecule has 15 heavy (non-hydrogen) atoms. The van der Waals surface area contributed by atoms with Gasteiger partial charge in [-0.2, -0.15) is 0 Å². The highest BCUT2D eigenvalue weighted by atomic mass is 16.5. The second kappa shape index (κ2) is 7.04. The molecule has 0 aromatic rings. The van der Waals surface area contributed by atoms with E-state index in [-0.39, 0.29) is 12.0 Å². The Morgan fingerprint density at radius 3 is 2.13 bits per heavy atom. The topological polar surface area (TPSA) is 46.6 Å². The molecule has 0 radical (unpaired) electrons. The lowest BCUT2D eigenvalue weighted by Gasteiger charge is -2.15. The third kappa shape index (κ3) is 5.88. The largest absolute Gasteiger partial charge is 0.460 e. The van der Waals surface area contributed by atoms with E-state index in [2.05, 4.69) is 0 Å². The summed E-state index contributed by atoms with van der Waals surface area (Å²) in [5.74, 6) is -0.647. The van der Waals surface area contributed by atoms with E-state index in [0.717, 1.165) is 0 Å². The number of carbonyl (C=O) groups is 2. The van der Waals surface area contributed by atoms with Gasteiger partial charge in [-0.25, -0.2) is 4.79 Å². The molecule has 0 saturated heterocycles. The van der Waals surface area contributed by atoms with Crippen molar-refractivity contribution in [1.29, 1.82) is 0 Å². The first-order valence-corrected chi connectivity index (χ1v) is 5.18. The Hall–Kier alpha value is -1.32. The highest BCUT2D eigenvalue weighted by Gasteiger charge is 2.06. The summed E-state index contributed by atoms with van der Waals surface area (Å²) in [4.78, 5) is 24.1. The van der Waals surface area contributed by atoms with Gasteiger partial charge in [-0.05, 0) is 27.7 Å². The van der Waals surface area contributed by atoms with Gasteiger partial charge in [0.05, 0.1) is 6.10 Å². The van der Waals surface area contributed by atoms with Crippen molar-refractivity contribution in [3.63, 3.8) is 0 Å². The fourth-order valence-electron chi connectivity index (χ4n) is 1.05. The van der Waals surface area contributed by atoms with Crippen molar-refractivity contribution in [3.8, 4) is 0 Å². The van der Waals surface area contributed by atoms with Gasteiger partial charge in [0.1, 0.15) is 0 Å². The highest BCUT2D eigenvalue weighted by Crippen LogP contribution is 1.93. The number of nitrogens with zero attached hydrogens (tertiary/aromatic N) is 1. The molecule has 0 aliphatic rings. The summed E-state index contributed by atoms with van der Waals surface area (Å²) in [6.45, 7) is 8.58. The molecule has 4 nitrogen and oxygen atoms in total. The predicted molar refractivity (Wildman–Crippen MR) is 58.3 cm³/mol. The maximum Gasteiger partial charge on any atom is 0.331 e. The van der Waals surface area contributed by atoms with Gasteiger partial charge in [0.2, 0.25) is 5.91 Å². The number of hydrogen-bond donors (Lipinski definition) is 0. The SMILES string of the molecule is CCN(CC)C(=O)C=CC(=O)OC(C)C. The third-order valence-corrected chi connectivity index (χ3v) is 1.79. The fraction of sp³-hybridized carbons (Fsp3) is 0.636. The predicted octanol–water partition coefficient (Wildman–Crippen LogP) is 1.36. The average molecular weight is 213 g/mol. The number of amides is 1. The Kier molecular flexibility index (Phi) is 6.42. The molecule has 0 atom stereocenters. The summed E-state index contributed by atoms with van der Waals surface area (Å²) >= 11 is 0. The Balaban J connectivity index is 4.15. The zero-order chi connectivity index (χ0) is 11.8. The molecule has 1 amide bonds. The zero-order valence-electron chi connectivity index (χ0n) is 9.82. The first-order chi connectivity index (χ1) is 7.01. The van der Waals surface area contributed by atoms with E-state index in [0.29, 0.717) is 13.1 Å². The van der Waals surface area contributed by atoms with Crippen molar-refractivity contribution in [2.24, 2.45) is 0 Å². The summed E-state index contributed by atoms with van der Waals surface area (Å²) in [6, 6.07) is 0. The molecule has 0 unspecified atom stereocenters. The molecule has 0 heterocycles. The van der Waals surface area contributed by atoms with Gasteiger partial charge < -0.3 is 9.64 Å². The normalized spacial score (nSPS) is 10.7. The van der Waals surface area contributed by atoms with Crippen molar-refractivity contribution in [3.05, 3.63) is 12.2 Å². The van der Waals surface area contributed by atoms with Gasteiger partial charge in [-0.15, -0.1) is 0 Å². The molecule has 0 aromatic heterocycles. The second-order valence-corrected chi connectivity index (χ2v) is 3.33. The molecule has 4 heteroatoms. The molecule has 0 saturated carbocycles. The maximum absolute atomic E-state index is 11.4. The zero-order valence-corrected chi connectivity index (χ0v) is 9.82. The average Bonchev–Trinajstić information content (AvgIpc) is 2.15. The summed E-state index contributed by atoms with van der Waals surface area (Å²) in [6.07, 6.45) is 2.25. The monoisotopic (exact) mass is 213 g/mol. The molecular weight excluding hydrogens is 194 g/mol. The fourth-order valence-corrected chi connectivity index (χ4v) is 1.05. The van der Waals surface area contributed by atoms with Gasteiger partial charge in [0.25, 0.3) is 0 Å². The van der Waals surface area contributed by atoms with E-state index < -0.39 is 5.97 Å². The van der Waals surface area contributed by atoms with Crippen molar-refractivity contribution in [1.82, 2.24) is 4.90 Å². The Morgan fingerprint density at radius 2 is 1.73 bits per heavy atom. The van der Waals surface area contributed by atoms with Crippen LogP contribution >= 0.6 is 0 Å². The molecule has 0 bridgehead atoms. The lowest BCUT2D eigenvalue weighted by Crippen LogP contribution is -2.28. The molecular formula is C11H19NO3. The molecule has 86 valence electrons. The summed E-state index contributed by atoms with van der Waals surface area (Å²) in [7, 11) is 0. The standard InChI is InChI=1S/C11H19NO3/c1-5-12(6-2)10(13)7-8-11(14)15-9(3)4/h7-9H,5-6H2,1-4H3. The molecule has 0 aliphatic heterocycles. The van der Waals surface area contributed by atoms with Gasteiger partial charge in [0, 0.05) is 25.2 Å². The van der Waals surface area contributed by atoms with Gasteiger partial charge in [-0.3, -0.25) is 4.79 Å². The third-order valence-electron chi connectivity index (χ3n) is 1.79. The smallest absolute Gasteiger partial charge is 0.331 e. The van der Waals surface area contributed by atoms with E-state index >= 15 is 0 Å². The summed E-state index contributed by atoms with van der Waals surface area (Å²) in [5, 5.41) is 0. The number of hydrogen-bond acceptors (Lipinski definition) is 3. The first-order valence-electron chi connectivity index (χ1n) is 5.18. The van der Waals surface area contributed by atoms with Crippen LogP contribution in [0, 0.1) is 0 Å².